The second-order valence-electron chi connectivity index (χ2n) is 7.22. The van der Waals surface area contributed by atoms with Gasteiger partial charge in [-0.3, -0.25) is 0 Å². The summed E-state index contributed by atoms with van der Waals surface area (Å²) in [4.78, 5) is 16.2. The standard InChI is InChI=1S/C19H29F2N3O2/c1-14(2)12-24(8-9-26-3)19(25)22-11-15-6-7-23(13-15)16-4-5-17(20)18(21)10-16/h4-5,10,14-15H,6-9,11-13H2,1-3H3,(H,22,25). The molecule has 0 bridgehead atoms. The van der Waals surface area contributed by atoms with Gasteiger partial charge in [-0.05, 0) is 30.4 Å². The summed E-state index contributed by atoms with van der Waals surface area (Å²) in [5.74, 6) is -0.997. The number of urea groups is 1. The fourth-order valence-corrected chi connectivity index (χ4v) is 3.18. The molecule has 2 rings (SSSR count). The summed E-state index contributed by atoms with van der Waals surface area (Å²) in [6.45, 7) is 7.95. The number of carbonyl (C=O) groups excluding carboxylic acids is 1. The Kier molecular flexibility index (Phi) is 7.63. The highest BCUT2D eigenvalue weighted by atomic mass is 19.2. The molecule has 1 aliphatic heterocycles. The van der Waals surface area contributed by atoms with Gasteiger partial charge >= 0.3 is 6.03 Å². The molecule has 26 heavy (non-hydrogen) atoms. The molecule has 1 atom stereocenters. The Morgan fingerprint density at radius 2 is 2.15 bits per heavy atom. The number of benzene rings is 1. The molecule has 1 fully saturated rings. The van der Waals surface area contributed by atoms with Gasteiger partial charge < -0.3 is 19.9 Å². The van der Waals surface area contributed by atoms with E-state index in [1.165, 1.54) is 6.07 Å². The maximum absolute atomic E-state index is 13.4. The van der Waals surface area contributed by atoms with Crippen molar-refractivity contribution in [2.75, 3.05) is 51.3 Å². The first kappa shape index (κ1) is 20.4. The number of nitrogens with one attached hydrogen (secondary N) is 1. The number of hydrogen-bond donors (Lipinski definition) is 1. The van der Waals surface area contributed by atoms with E-state index in [0.717, 1.165) is 19.0 Å². The zero-order valence-electron chi connectivity index (χ0n) is 15.8. The first-order chi connectivity index (χ1) is 12.4. The van der Waals surface area contributed by atoms with Gasteiger partial charge in [-0.25, -0.2) is 13.6 Å². The third-order valence-corrected chi connectivity index (χ3v) is 4.53. The summed E-state index contributed by atoms with van der Waals surface area (Å²) in [7, 11) is 1.62. The second-order valence-corrected chi connectivity index (χ2v) is 7.22. The van der Waals surface area contributed by atoms with Gasteiger partial charge in [0.1, 0.15) is 0 Å². The lowest BCUT2D eigenvalue weighted by molar-refractivity contribution is 0.143. The first-order valence-electron chi connectivity index (χ1n) is 9.12. The molecule has 146 valence electrons. The predicted molar refractivity (Wildman–Crippen MR) is 98.4 cm³/mol. The van der Waals surface area contributed by atoms with Gasteiger partial charge in [0.15, 0.2) is 11.6 Å². The molecule has 1 N–H and O–H groups in total. The molecule has 1 saturated heterocycles. The van der Waals surface area contributed by atoms with E-state index in [0.29, 0.717) is 44.4 Å². The van der Waals surface area contributed by atoms with Gasteiger partial charge in [0.25, 0.3) is 0 Å². The number of hydrogen-bond acceptors (Lipinski definition) is 3. The molecular weight excluding hydrogens is 340 g/mol. The monoisotopic (exact) mass is 369 g/mol. The summed E-state index contributed by atoms with van der Waals surface area (Å²) in [6, 6.07) is 3.89. The van der Waals surface area contributed by atoms with Gasteiger partial charge in [0.2, 0.25) is 0 Å². The molecule has 7 heteroatoms. The van der Waals surface area contributed by atoms with Crippen molar-refractivity contribution < 1.29 is 18.3 Å². The lowest BCUT2D eigenvalue weighted by Crippen LogP contribution is -2.45. The topological polar surface area (TPSA) is 44.8 Å². The van der Waals surface area contributed by atoms with Crippen LogP contribution in [0.2, 0.25) is 0 Å². The largest absolute Gasteiger partial charge is 0.383 e. The van der Waals surface area contributed by atoms with Crippen molar-refractivity contribution in [3.05, 3.63) is 29.8 Å². The lowest BCUT2D eigenvalue weighted by atomic mass is 10.1. The van der Waals surface area contributed by atoms with Crippen LogP contribution in [0.3, 0.4) is 0 Å². The third kappa shape index (κ3) is 5.83. The maximum atomic E-state index is 13.4. The van der Waals surface area contributed by atoms with E-state index in [1.807, 2.05) is 4.90 Å². The van der Waals surface area contributed by atoms with Gasteiger partial charge in [0, 0.05) is 51.6 Å². The smallest absolute Gasteiger partial charge is 0.317 e. The van der Waals surface area contributed by atoms with Gasteiger partial charge in [0.05, 0.1) is 6.61 Å². The number of nitrogens with zero attached hydrogens (tertiary/aromatic N) is 2. The van der Waals surface area contributed by atoms with E-state index in [-0.39, 0.29) is 11.9 Å². The van der Waals surface area contributed by atoms with Gasteiger partial charge in [-0.2, -0.15) is 0 Å². The summed E-state index contributed by atoms with van der Waals surface area (Å²) < 4.78 is 31.6. The molecule has 0 radical (unpaired) electrons. The van der Waals surface area contributed by atoms with Crippen molar-refractivity contribution in [1.29, 1.82) is 0 Å². The van der Waals surface area contributed by atoms with E-state index in [2.05, 4.69) is 19.2 Å². The minimum absolute atomic E-state index is 0.0815. The maximum Gasteiger partial charge on any atom is 0.317 e. The summed E-state index contributed by atoms with van der Waals surface area (Å²) >= 11 is 0. The lowest BCUT2D eigenvalue weighted by Gasteiger charge is -2.25. The van der Waals surface area contributed by atoms with Crippen LogP contribution in [0, 0.1) is 23.5 Å². The number of halogens is 2. The zero-order valence-corrected chi connectivity index (χ0v) is 15.8. The second kappa shape index (κ2) is 9.71. The molecule has 5 nitrogen and oxygen atoms in total. The molecule has 1 unspecified atom stereocenters. The fourth-order valence-electron chi connectivity index (χ4n) is 3.18. The van der Waals surface area contributed by atoms with Crippen molar-refractivity contribution in [3.63, 3.8) is 0 Å². The minimum Gasteiger partial charge on any atom is -0.383 e. The molecule has 1 aliphatic rings. The number of rotatable bonds is 8. The Balaban J connectivity index is 1.83. The molecule has 1 aromatic carbocycles. The average Bonchev–Trinajstić information content (AvgIpc) is 3.07. The average molecular weight is 369 g/mol. The van der Waals surface area contributed by atoms with E-state index >= 15 is 0 Å². The van der Waals surface area contributed by atoms with Crippen LogP contribution in [0.25, 0.3) is 0 Å². The van der Waals surface area contributed by atoms with Crippen molar-refractivity contribution >= 4 is 11.7 Å². The van der Waals surface area contributed by atoms with Crippen molar-refractivity contribution in [2.45, 2.75) is 20.3 Å². The fraction of sp³-hybridized carbons (Fsp3) is 0.632. The summed E-state index contributed by atoms with van der Waals surface area (Å²) in [5, 5.41) is 3.00. The molecule has 2 amide bonds. The third-order valence-electron chi connectivity index (χ3n) is 4.53. The Morgan fingerprint density at radius 3 is 2.81 bits per heavy atom. The zero-order chi connectivity index (χ0) is 19.1. The molecule has 1 aromatic rings. The van der Waals surface area contributed by atoms with Crippen LogP contribution in [0.4, 0.5) is 19.3 Å². The molecule has 0 saturated carbocycles. The molecule has 1 heterocycles. The summed E-state index contributed by atoms with van der Waals surface area (Å²) in [6.07, 6.45) is 0.904. The highest BCUT2D eigenvalue weighted by molar-refractivity contribution is 5.74. The SMILES string of the molecule is COCCN(CC(C)C)C(=O)NCC1CCN(c2ccc(F)c(F)c2)C1. The highest BCUT2D eigenvalue weighted by Gasteiger charge is 2.24. The quantitative estimate of drug-likeness (QED) is 0.766. The minimum atomic E-state index is -0.835. The number of carbonyl (C=O) groups is 1. The van der Waals surface area contributed by atoms with Crippen LogP contribution in [0.1, 0.15) is 20.3 Å². The Morgan fingerprint density at radius 1 is 1.38 bits per heavy atom. The predicted octanol–water partition coefficient (Wildman–Crippen LogP) is 3.11. The van der Waals surface area contributed by atoms with E-state index in [4.69, 9.17) is 4.74 Å². The number of anilines is 1. The Hall–Kier alpha value is -1.89. The van der Waals surface area contributed by atoms with Crippen LogP contribution in [0.15, 0.2) is 18.2 Å². The normalized spacial score (nSPS) is 17.0. The van der Waals surface area contributed by atoms with Crippen LogP contribution in [-0.2, 0) is 4.74 Å². The number of amides is 2. The molecule has 0 spiro atoms. The Labute approximate surface area is 154 Å². The van der Waals surface area contributed by atoms with Crippen LogP contribution in [-0.4, -0.2) is 57.4 Å². The summed E-state index contributed by atoms with van der Waals surface area (Å²) in [5.41, 5.74) is 0.680. The van der Waals surface area contributed by atoms with Crippen molar-refractivity contribution in [1.82, 2.24) is 10.2 Å². The van der Waals surface area contributed by atoms with E-state index in [9.17, 15) is 13.6 Å². The van der Waals surface area contributed by atoms with Gasteiger partial charge in [-0.1, -0.05) is 13.8 Å². The van der Waals surface area contributed by atoms with Crippen LogP contribution >= 0.6 is 0 Å². The molecule has 0 aliphatic carbocycles. The first-order valence-corrected chi connectivity index (χ1v) is 9.12. The highest BCUT2D eigenvalue weighted by Crippen LogP contribution is 2.25. The van der Waals surface area contributed by atoms with E-state index in [1.54, 1.807) is 18.1 Å². The van der Waals surface area contributed by atoms with Crippen LogP contribution in [0.5, 0.6) is 0 Å². The molecule has 0 aromatic heterocycles. The van der Waals surface area contributed by atoms with Gasteiger partial charge in [-0.15, -0.1) is 0 Å². The van der Waals surface area contributed by atoms with Crippen LogP contribution < -0.4 is 10.2 Å². The number of methoxy groups -OCH3 is 1. The molecular formula is C19H29F2N3O2. The van der Waals surface area contributed by atoms with Crippen molar-refractivity contribution in [3.8, 4) is 0 Å². The van der Waals surface area contributed by atoms with Crippen molar-refractivity contribution in [2.24, 2.45) is 11.8 Å². The van der Waals surface area contributed by atoms with E-state index < -0.39 is 11.6 Å². The Bertz CT molecular complexity index is 598. The number of ether oxygens (including phenoxy) is 1.